The number of nitrogens with one attached hydrogen (secondary N) is 1. The molecule has 2 aromatic rings. The molecule has 1 heterocycles. The highest BCUT2D eigenvalue weighted by Crippen LogP contribution is 2.55. The molecule has 1 saturated heterocycles. The Kier molecular flexibility index (Phi) is 8.65. The SMILES string of the molecule is CC(OC(=O)C(Cc1ccccc1)NC(=O)OC(C)(C)C)C(=O)Oc1ccc2c(c1)[C@@]13CCCC[C@H]1[C@@H](C2)N(C)CC3. The molecular formula is C34H44N2O6. The number of likely N-dealkylation sites (tertiary alicyclic amines) is 1. The highest BCUT2D eigenvalue weighted by atomic mass is 16.6. The Labute approximate surface area is 249 Å². The van der Waals surface area contributed by atoms with E-state index in [0.29, 0.717) is 17.7 Å². The van der Waals surface area contributed by atoms with E-state index >= 15 is 0 Å². The van der Waals surface area contributed by atoms with Crippen molar-refractivity contribution < 1.29 is 28.6 Å². The molecular weight excluding hydrogens is 532 g/mol. The number of ether oxygens (including phenoxy) is 3. The number of hydrogen-bond donors (Lipinski definition) is 1. The molecule has 0 aromatic heterocycles. The summed E-state index contributed by atoms with van der Waals surface area (Å²) in [4.78, 5) is 41.4. The smallest absolute Gasteiger partial charge is 0.408 e. The van der Waals surface area contributed by atoms with E-state index in [1.165, 1.54) is 43.7 Å². The highest BCUT2D eigenvalue weighted by molar-refractivity contribution is 5.85. The van der Waals surface area contributed by atoms with Crippen LogP contribution in [0.2, 0.25) is 0 Å². The number of hydrogen-bond acceptors (Lipinski definition) is 7. The average Bonchev–Trinajstić information content (AvgIpc) is 2.94. The van der Waals surface area contributed by atoms with Crippen LogP contribution in [0.1, 0.15) is 76.5 Å². The van der Waals surface area contributed by atoms with Crippen LogP contribution in [0.5, 0.6) is 5.75 Å². The third-order valence-corrected chi connectivity index (χ3v) is 9.19. The van der Waals surface area contributed by atoms with Gasteiger partial charge in [-0.3, -0.25) is 0 Å². The van der Waals surface area contributed by atoms with Gasteiger partial charge in [-0.1, -0.05) is 49.2 Å². The fourth-order valence-electron chi connectivity index (χ4n) is 7.24. The highest BCUT2D eigenvalue weighted by Gasteiger charge is 2.53. The topological polar surface area (TPSA) is 94.2 Å². The number of piperidine rings is 1. The number of benzene rings is 2. The second-order valence-corrected chi connectivity index (χ2v) is 13.2. The lowest BCUT2D eigenvalue weighted by atomic mass is 9.52. The van der Waals surface area contributed by atoms with Gasteiger partial charge in [0, 0.05) is 17.9 Å². The van der Waals surface area contributed by atoms with E-state index in [4.69, 9.17) is 14.2 Å². The Bertz CT molecular complexity index is 1300. The van der Waals surface area contributed by atoms with Crippen LogP contribution >= 0.6 is 0 Å². The lowest BCUT2D eigenvalue weighted by Gasteiger charge is -2.58. The Morgan fingerprint density at radius 1 is 1.05 bits per heavy atom. The first-order valence-electron chi connectivity index (χ1n) is 15.2. The molecule has 2 fully saturated rings. The standard InChI is InChI=1S/C34H44N2O6/c1-22(40-31(38)28(19-23-11-7-6-8-12-23)35-32(39)42-33(2,3)4)30(37)41-25-15-14-24-20-29-26-13-9-10-16-34(26,27(24)21-25)17-18-36(29)5/h6-8,11-12,14-15,21-22,26,28-29H,9-10,13,16-20H2,1-5H3,(H,35,39)/t22?,26-,28?,29+,34+/m0/s1. The molecule has 2 aromatic carbocycles. The van der Waals surface area contributed by atoms with Gasteiger partial charge in [-0.2, -0.15) is 0 Å². The summed E-state index contributed by atoms with van der Waals surface area (Å²) >= 11 is 0. The van der Waals surface area contributed by atoms with E-state index in [1.54, 1.807) is 20.8 Å². The van der Waals surface area contributed by atoms with E-state index in [-0.39, 0.29) is 11.8 Å². The summed E-state index contributed by atoms with van der Waals surface area (Å²) in [5.41, 5.74) is 2.91. The largest absolute Gasteiger partial charge is 0.449 e. The van der Waals surface area contributed by atoms with Gasteiger partial charge in [0.2, 0.25) is 0 Å². The molecule has 2 bridgehead atoms. The van der Waals surface area contributed by atoms with E-state index in [0.717, 1.165) is 24.9 Å². The summed E-state index contributed by atoms with van der Waals surface area (Å²) in [6, 6.07) is 14.8. The maximum atomic E-state index is 13.2. The number of carbonyl (C=O) groups excluding carboxylic acids is 3. The average molecular weight is 577 g/mol. The number of carbonyl (C=O) groups is 3. The van der Waals surface area contributed by atoms with Gasteiger partial charge in [0.1, 0.15) is 17.4 Å². The van der Waals surface area contributed by atoms with Crippen LogP contribution in [0.4, 0.5) is 4.79 Å². The van der Waals surface area contributed by atoms with Crippen LogP contribution in [0.15, 0.2) is 48.5 Å². The summed E-state index contributed by atoms with van der Waals surface area (Å²) in [6.07, 6.45) is 5.35. The quantitative estimate of drug-likeness (QED) is 0.351. The second-order valence-electron chi connectivity index (χ2n) is 13.2. The Balaban J connectivity index is 1.27. The van der Waals surface area contributed by atoms with Crippen molar-refractivity contribution in [3.05, 3.63) is 65.2 Å². The van der Waals surface area contributed by atoms with Crippen LogP contribution in [-0.2, 0) is 37.3 Å². The molecule has 2 aliphatic carbocycles. The first-order chi connectivity index (χ1) is 19.9. The first kappa shape index (κ1) is 30.1. The minimum absolute atomic E-state index is 0.140. The zero-order valence-corrected chi connectivity index (χ0v) is 25.5. The maximum Gasteiger partial charge on any atom is 0.408 e. The van der Waals surface area contributed by atoms with Crippen molar-refractivity contribution in [2.24, 2.45) is 5.92 Å². The van der Waals surface area contributed by atoms with Crippen molar-refractivity contribution in [1.29, 1.82) is 0 Å². The third-order valence-electron chi connectivity index (χ3n) is 9.19. The van der Waals surface area contributed by atoms with Gasteiger partial charge in [-0.25, -0.2) is 14.4 Å². The number of rotatable bonds is 7. The molecule has 0 spiro atoms. The number of nitrogens with zero attached hydrogens (tertiary/aromatic N) is 1. The zero-order valence-electron chi connectivity index (χ0n) is 25.5. The number of fused-ring (bicyclic) bond motifs is 1. The fraction of sp³-hybridized carbons (Fsp3) is 0.559. The third kappa shape index (κ3) is 6.48. The fourth-order valence-corrected chi connectivity index (χ4v) is 7.24. The molecule has 42 heavy (non-hydrogen) atoms. The molecule has 3 aliphatic rings. The number of alkyl carbamates (subject to hydrolysis) is 1. The molecule has 226 valence electrons. The van der Waals surface area contributed by atoms with Crippen molar-refractivity contribution >= 4 is 18.0 Å². The molecule has 5 rings (SSSR count). The normalized spacial score (nSPS) is 24.8. The van der Waals surface area contributed by atoms with Gasteiger partial charge in [-0.05, 0) is 102 Å². The van der Waals surface area contributed by atoms with Gasteiger partial charge in [0.05, 0.1) is 0 Å². The number of likely N-dealkylation sites (N-methyl/N-ethyl adjacent to an activating group) is 1. The monoisotopic (exact) mass is 576 g/mol. The second kappa shape index (κ2) is 12.1. The van der Waals surface area contributed by atoms with Gasteiger partial charge in [-0.15, -0.1) is 0 Å². The van der Waals surface area contributed by atoms with Gasteiger partial charge in [0.25, 0.3) is 0 Å². The zero-order chi connectivity index (χ0) is 30.1. The lowest BCUT2D eigenvalue weighted by Crippen LogP contribution is -2.59. The number of amides is 1. The van der Waals surface area contributed by atoms with Crippen molar-refractivity contribution in [1.82, 2.24) is 10.2 Å². The van der Waals surface area contributed by atoms with Crippen LogP contribution in [0, 0.1) is 5.92 Å². The van der Waals surface area contributed by atoms with Gasteiger partial charge in [0.15, 0.2) is 6.10 Å². The number of esters is 2. The van der Waals surface area contributed by atoms with E-state index in [1.807, 2.05) is 36.4 Å². The first-order valence-corrected chi connectivity index (χ1v) is 15.2. The Morgan fingerprint density at radius 2 is 1.81 bits per heavy atom. The van der Waals surface area contributed by atoms with E-state index < -0.39 is 35.8 Å². The molecule has 0 radical (unpaired) electrons. The van der Waals surface area contributed by atoms with Gasteiger partial charge >= 0.3 is 18.0 Å². The minimum Gasteiger partial charge on any atom is -0.449 e. The molecule has 1 amide bonds. The summed E-state index contributed by atoms with van der Waals surface area (Å²) in [5, 5.41) is 2.61. The predicted molar refractivity (Wildman–Crippen MR) is 159 cm³/mol. The van der Waals surface area contributed by atoms with Crippen LogP contribution < -0.4 is 10.1 Å². The molecule has 8 heteroatoms. The summed E-state index contributed by atoms with van der Waals surface area (Å²) in [5.74, 6) is -0.289. The molecule has 1 saturated carbocycles. The van der Waals surface area contributed by atoms with Crippen molar-refractivity contribution in [2.45, 2.75) is 102 Å². The molecule has 2 unspecified atom stereocenters. The lowest BCUT2D eigenvalue weighted by molar-refractivity contribution is -0.162. The molecule has 5 atom stereocenters. The summed E-state index contributed by atoms with van der Waals surface area (Å²) in [6.45, 7) is 7.81. The molecule has 1 N–H and O–H groups in total. The van der Waals surface area contributed by atoms with Crippen molar-refractivity contribution in [3.8, 4) is 5.75 Å². The Morgan fingerprint density at radius 3 is 2.55 bits per heavy atom. The molecule has 8 nitrogen and oxygen atoms in total. The van der Waals surface area contributed by atoms with Crippen LogP contribution in [0.3, 0.4) is 0 Å². The summed E-state index contributed by atoms with van der Waals surface area (Å²) in [7, 11) is 2.25. The van der Waals surface area contributed by atoms with E-state index in [9.17, 15) is 14.4 Å². The predicted octanol–water partition coefficient (Wildman–Crippen LogP) is 5.35. The maximum absolute atomic E-state index is 13.2. The van der Waals surface area contributed by atoms with Gasteiger partial charge < -0.3 is 24.4 Å². The summed E-state index contributed by atoms with van der Waals surface area (Å²) < 4.78 is 16.7. The van der Waals surface area contributed by atoms with E-state index in [2.05, 4.69) is 29.4 Å². The van der Waals surface area contributed by atoms with Crippen LogP contribution in [0.25, 0.3) is 0 Å². The van der Waals surface area contributed by atoms with Crippen molar-refractivity contribution in [3.63, 3.8) is 0 Å². The van der Waals surface area contributed by atoms with Crippen molar-refractivity contribution in [2.75, 3.05) is 13.6 Å². The van der Waals surface area contributed by atoms with Crippen LogP contribution in [-0.4, -0.2) is 60.3 Å². The molecule has 1 aliphatic heterocycles. The Hall–Kier alpha value is -3.39. The minimum atomic E-state index is -1.17.